The molecule has 0 aliphatic carbocycles. The third-order valence-electron chi connectivity index (χ3n) is 2.77. The van der Waals surface area contributed by atoms with Gasteiger partial charge in [0.25, 0.3) is 0 Å². The molecule has 2 aromatic rings. The van der Waals surface area contributed by atoms with Crippen molar-refractivity contribution in [2.45, 2.75) is 33.9 Å². The highest BCUT2D eigenvalue weighted by Crippen LogP contribution is 2.20. The first kappa shape index (κ1) is 16.5. The number of guanidine groups is 1. The van der Waals surface area contributed by atoms with Gasteiger partial charge >= 0.3 is 0 Å². The molecule has 0 atom stereocenters. The summed E-state index contributed by atoms with van der Waals surface area (Å²) in [5, 5.41) is 9.83. The van der Waals surface area contributed by atoms with Crippen LogP contribution in [0.3, 0.4) is 0 Å². The Morgan fingerprint density at radius 1 is 1.38 bits per heavy atom. The monoisotopic (exact) mass is 386 g/mol. The highest BCUT2D eigenvalue weighted by Gasteiger charge is 2.06. The summed E-state index contributed by atoms with van der Waals surface area (Å²) in [5.74, 6) is 0.840. The molecule has 7 heteroatoms. The molecular formula is C14H19BrN4S2. The van der Waals surface area contributed by atoms with Crippen LogP contribution in [0.1, 0.15) is 27.4 Å². The second kappa shape index (κ2) is 7.91. The van der Waals surface area contributed by atoms with Gasteiger partial charge in [-0.3, -0.25) is 0 Å². The molecule has 0 radical (unpaired) electrons. The summed E-state index contributed by atoms with van der Waals surface area (Å²) >= 11 is 6.91. The van der Waals surface area contributed by atoms with E-state index in [2.05, 4.69) is 54.9 Å². The van der Waals surface area contributed by atoms with E-state index in [-0.39, 0.29) is 0 Å². The number of thiazole rings is 1. The Labute approximate surface area is 141 Å². The summed E-state index contributed by atoms with van der Waals surface area (Å²) in [7, 11) is 0. The summed E-state index contributed by atoms with van der Waals surface area (Å²) in [4.78, 5) is 11.6. The minimum Gasteiger partial charge on any atom is -0.357 e. The largest absolute Gasteiger partial charge is 0.357 e. The van der Waals surface area contributed by atoms with Crippen molar-refractivity contribution in [3.63, 3.8) is 0 Å². The Kier molecular flexibility index (Phi) is 6.20. The molecule has 0 saturated heterocycles. The first-order valence-corrected chi connectivity index (χ1v) is 9.25. The number of hydrogen-bond acceptors (Lipinski definition) is 4. The van der Waals surface area contributed by atoms with Crippen LogP contribution >= 0.6 is 38.6 Å². The number of aromatic nitrogens is 1. The van der Waals surface area contributed by atoms with E-state index >= 15 is 0 Å². The van der Waals surface area contributed by atoms with Crippen molar-refractivity contribution in [2.75, 3.05) is 6.54 Å². The van der Waals surface area contributed by atoms with Gasteiger partial charge in [0, 0.05) is 26.2 Å². The first-order chi connectivity index (χ1) is 10.1. The van der Waals surface area contributed by atoms with E-state index < -0.39 is 0 Å². The van der Waals surface area contributed by atoms with Gasteiger partial charge in [-0.25, -0.2) is 9.98 Å². The van der Waals surface area contributed by atoms with Crippen LogP contribution in [-0.4, -0.2) is 17.5 Å². The Morgan fingerprint density at radius 3 is 2.76 bits per heavy atom. The number of nitrogens with one attached hydrogen (secondary N) is 2. The molecule has 4 nitrogen and oxygen atoms in total. The summed E-state index contributed by atoms with van der Waals surface area (Å²) < 4.78 is 1.12. The fourth-order valence-electron chi connectivity index (χ4n) is 1.84. The lowest BCUT2D eigenvalue weighted by atomic mass is 10.4. The Balaban J connectivity index is 1.96. The van der Waals surface area contributed by atoms with Crippen LogP contribution in [0.2, 0.25) is 0 Å². The third-order valence-corrected chi connectivity index (χ3v) is 5.53. The van der Waals surface area contributed by atoms with Crippen molar-refractivity contribution in [1.29, 1.82) is 0 Å². The van der Waals surface area contributed by atoms with Crippen LogP contribution in [-0.2, 0) is 13.1 Å². The van der Waals surface area contributed by atoms with Gasteiger partial charge in [-0.15, -0.1) is 22.7 Å². The van der Waals surface area contributed by atoms with Crippen molar-refractivity contribution >= 4 is 44.6 Å². The quantitative estimate of drug-likeness (QED) is 0.606. The van der Waals surface area contributed by atoms with Gasteiger partial charge in [0.1, 0.15) is 0 Å². The van der Waals surface area contributed by atoms with Crippen molar-refractivity contribution in [2.24, 2.45) is 4.99 Å². The van der Waals surface area contributed by atoms with Gasteiger partial charge in [-0.2, -0.15) is 0 Å². The minimum atomic E-state index is 0.687. The molecule has 0 fully saturated rings. The van der Waals surface area contributed by atoms with E-state index in [1.807, 2.05) is 13.8 Å². The van der Waals surface area contributed by atoms with Gasteiger partial charge in [0.05, 0.1) is 23.8 Å². The van der Waals surface area contributed by atoms with E-state index in [1.165, 1.54) is 9.75 Å². The minimum absolute atomic E-state index is 0.687. The first-order valence-electron chi connectivity index (χ1n) is 6.76. The number of aryl methyl sites for hydroxylation is 2. The normalized spacial score (nSPS) is 11.7. The van der Waals surface area contributed by atoms with E-state index in [0.29, 0.717) is 6.54 Å². The molecule has 0 saturated carbocycles. The molecule has 2 N–H and O–H groups in total. The number of hydrogen-bond donors (Lipinski definition) is 2. The maximum absolute atomic E-state index is 4.62. The fraction of sp³-hybridized carbons (Fsp3) is 0.429. The average Bonchev–Trinajstić information content (AvgIpc) is 2.99. The highest BCUT2D eigenvalue weighted by molar-refractivity contribution is 9.10. The number of thiophene rings is 1. The standard InChI is InChI=1S/C14H19BrN4S2/c1-4-16-14(17-6-12-5-11(15)8-20-12)18-7-13-9(2)19-10(3)21-13/h5,8H,4,6-7H2,1-3H3,(H2,16,17,18). The predicted molar refractivity (Wildman–Crippen MR) is 95.3 cm³/mol. The molecule has 21 heavy (non-hydrogen) atoms. The Hall–Kier alpha value is -0.920. The summed E-state index contributed by atoms with van der Waals surface area (Å²) in [6, 6.07) is 2.11. The Bertz CT molecular complexity index is 618. The molecule has 0 aliphatic rings. The molecule has 2 rings (SSSR count). The lowest BCUT2D eigenvalue weighted by Gasteiger charge is -2.10. The predicted octanol–water partition coefficient (Wildman–Crippen LogP) is 3.84. The van der Waals surface area contributed by atoms with Crippen molar-refractivity contribution in [1.82, 2.24) is 15.6 Å². The number of rotatable bonds is 5. The summed E-state index contributed by atoms with van der Waals surface area (Å²) in [6.45, 7) is 8.45. The van der Waals surface area contributed by atoms with Crippen LogP contribution < -0.4 is 10.6 Å². The molecule has 0 aliphatic heterocycles. The zero-order valence-electron chi connectivity index (χ0n) is 12.4. The van der Waals surface area contributed by atoms with Crippen molar-refractivity contribution < 1.29 is 0 Å². The number of halogens is 1. The Morgan fingerprint density at radius 2 is 2.19 bits per heavy atom. The average molecular weight is 387 g/mol. The summed E-state index contributed by atoms with van der Waals surface area (Å²) in [5.41, 5.74) is 1.10. The van der Waals surface area contributed by atoms with Gasteiger partial charge < -0.3 is 10.6 Å². The zero-order chi connectivity index (χ0) is 15.2. The lowest BCUT2D eigenvalue weighted by Crippen LogP contribution is -2.36. The van der Waals surface area contributed by atoms with Crippen molar-refractivity contribution in [3.05, 3.63) is 36.4 Å². The number of aliphatic imine (C=N–C) groups is 1. The van der Waals surface area contributed by atoms with E-state index in [9.17, 15) is 0 Å². The van der Waals surface area contributed by atoms with Crippen LogP contribution in [0.5, 0.6) is 0 Å². The molecule has 0 amide bonds. The third kappa shape index (κ3) is 5.09. The second-order valence-electron chi connectivity index (χ2n) is 4.52. The van der Waals surface area contributed by atoms with Gasteiger partial charge in [0.15, 0.2) is 5.96 Å². The summed E-state index contributed by atoms with van der Waals surface area (Å²) in [6.07, 6.45) is 0. The zero-order valence-corrected chi connectivity index (χ0v) is 15.6. The maximum atomic E-state index is 4.62. The molecule has 0 aromatic carbocycles. The van der Waals surface area contributed by atoms with E-state index in [1.54, 1.807) is 22.7 Å². The van der Waals surface area contributed by atoms with Crippen LogP contribution in [0.15, 0.2) is 20.9 Å². The maximum Gasteiger partial charge on any atom is 0.191 e. The van der Waals surface area contributed by atoms with Gasteiger partial charge in [-0.1, -0.05) is 0 Å². The smallest absolute Gasteiger partial charge is 0.191 e. The fourth-order valence-corrected chi connectivity index (χ4v) is 4.09. The number of nitrogens with zero attached hydrogens (tertiary/aromatic N) is 2. The topological polar surface area (TPSA) is 49.3 Å². The van der Waals surface area contributed by atoms with Crippen LogP contribution in [0.25, 0.3) is 0 Å². The molecule has 0 spiro atoms. The van der Waals surface area contributed by atoms with Crippen LogP contribution in [0.4, 0.5) is 0 Å². The van der Waals surface area contributed by atoms with Gasteiger partial charge in [0.2, 0.25) is 0 Å². The van der Waals surface area contributed by atoms with Crippen molar-refractivity contribution in [3.8, 4) is 0 Å². The molecular weight excluding hydrogens is 368 g/mol. The van der Waals surface area contributed by atoms with Crippen LogP contribution in [0, 0.1) is 13.8 Å². The molecule has 0 unspecified atom stereocenters. The SMILES string of the molecule is CCNC(=NCc1cc(Br)cs1)NCc1sc(C)nc1C. The molecule has 2 heterocycles. The van der Waals surface area contributed by atoms with E-state index in [0.717, 1.165) is 34.2 Å². The molecule has 114 valence electrons. The highest BCUT2D eigenvalue weighted by atomic mass is 79.9. The van der Waals surface area contributed by atoms with Gasteiger partial charge in [-0.05, 0) is 42.8 Å². The lowest BCUT2D eigenvalue weighted by molar-refractivity contribution is 0.820. The molecule has 2 aromatic heterocycles. The second-order valence-corrected chi connectivity index (χ2v) is 7.72. The van der Waals surface area contributed by atoms with E-state index in [4.69, 9.17) is 0 Å². The molecule has 0 bridgehead atoms.